The van der Waals surface area contributed by atoms with Gasteiger partial charge < -0.3 is 4.42 Å². The maximum absolute atomic E-state index is 6.12. The first-order chi connectivity index (χ1) is 13.8. The van der Waals surface area contributed by atoms with E-state index in [9.17, 15) is 0 Å². The molecule has 2 heteroatoms. The van der Waals surface area contributed by atoms with Crippen molar-refractivity contribution < 1.29 is 4.42 Å². The van der Waals surface area contributed by atoms with Crippen molar-refractivity contribution in [2.75, 3.05) is 0 Å². The van der Waals surface area contributed by atoms with Crippen molar-refractivity contribution in [3.05, 3.63) is 96.0 Å². The number of hydrogen-bond donors (Lipinski definition) is 0. The summed E-state index contributed by atoms with van der Waals surface area (Å²) >= 11 is 6.12. The van der Waals surface area contributed by atoms with Crippen molar-refractivity contribution in [3.8, 4) is 11.1 Å². The van der Waals surface area contributed by atoms with Crippen LogP contribution in [0.5, 0.6) is 0 Å². The molecular weight excluding hydrogens is 364 g/mol. The van der Waals surface area contributed by atoms with E-state index in [4.69, 9.17) is 16.0 Å². The molecular formula is C26H15ClO. The summed E-state index contributed by atoms with van der Waals surface area (Å²) in [6, 6.07) is 31.6. The summed E-state index contributed by atoms with van der Waals surface area (Å²) in [5.41, 5.74) is 4.22. The van der Waals surface area contributed by atoms with E-state index in [0.717, 1.165) is 27.0 Å². The number of furan rings is 1. The summed E-state index contributed by atoms with van der Waals surface area (Å²) in [6.07, 6.45) is 0. The van der Waals surface area contributed by atoms with E-state index in [1.54, 1.807) is 0 Å². The van der Waals surface area contributed by atoms with Gasteiger partial charge in [-0.2, -0.15) is 0 Å². The first-order valence-corrected chi connectivity index (χ1v) is 9.68. The molecule has 0 saturated heterocycles. The van der Waals surface area contributed by atoms with Gasteiger partial charge in [0.15, 0.2) is 0 Å². The van der Waals surface area contributed by atoms with Crippen LogP contribution in [0.4, 0.5) is 0 Å². The lowest BCUT2D eigenvalue weighted by Crippen LogP contribution is -1.80. The predicted octanol–water partition coefficient (Wildman–Crippen LogP) is 8.21. The van der Waals surface area contributed by atoms with Crippen LogP contribution in [0.15, 0.2) is 95.4 Å². The Morgan fingerprint density at radius 3 is 2.21 bits per heavy atom. The van der Waals surface area contributed by atoms with Crippen LogP contribution >= 0.6 is 11.6 Å². The minimum absolute atomic E-state index is 0.762. The molecule has 1 aromatic heterocycles. The van der Waals surface area contributed by atoms with Gasteiger partial charge in [0.05, 0.1) is 0 Å². The summed E-state index contributed by atoms with van der Waals surface area (Å²) < 4.78 is 6.12. The Bertz CT molecular complexity index is 1520. The Labute approximate surface area is 166 Å². The summed E-state index contributed by atoms with van der Waals surface area (Å²) in [5, 5.41) is 7.89. The van der Waals surface area contributed by atoms with Crippen LogP contribution in [-0.2, 0) is 0 Å². The fraction of sp³-hybridized carbons (Fsp3) is 0. The molecule has 0 N–H and O–H groups in total. The van der Waals surface area contributed by atoms with Gasteiger partial charge >= 0.3 is 0 Å². The normalized spacial score (nSPS) is 11.8. The van der Waals surface area contributed by atoms with Crippen LogP contribution in [-0.4, -0.2) is 0 Å². The molecule has 0 aliphatic carbocycles. The zero-order chi connectivity index (χ0) is 18.7. The van der Waals surface area contributed by atoms with Crippen LogP contribution < -0.4 is 0 Å². The number of rotatable bonds is 1. The van der Waals surface area contributed by atoms with Crippen LogP contribution in [0.25, 0.3) is 54.6 Å². The molecule has 0 bridgehead atoms. The maximum Gasteiger partial charge on any atom is 0.136 e. The zero-order valence-electron chi connectivity index (χ0n) is 14.9. The lowest BCUT2D eigenvalue weighted by molar-refractivity contribution is 0.669. The highest BCUT2D eigenvalue weighted by Crippen LogP contribution is 2.37. The van der Waals surface area contributed by atoms with Crippen LogP contribution in [0.1, 0.15) is 0 Å². The van der Waals surface area contributed by atoms with E-state index >= 15 is 0 Å². The largest absolute Gasteiger partial charge is 0.456 e. The summed E-state index contributed by atoms with van der Waals surface area (Å²) in [7, 11) is 0. The summed E-state index contributed by atoms with van der Waals surface area (Å²) in [6.45, 7) is 0. The molecule has 1 heterocycles. The van der Waals surface area contributed by atoms with Crippen molar-refractivity contribution >= 4 is 55.1 Å². The van der Waals surface area contributed by atoms with Gasteiger partial charge in [-0.3, -0.25) is 0 Å². The molecule has 0 fully saturated rings. The fourth-order valence-electron chi connectivity index (χ4n) is 4.12. The Kier molecular flexibility index (Phi) is 3.29. The summed E-state index contributed by atoms with van der Waals surface area (Å²) in [5.74, 6) is 0. The number of halogens is 1. The SMILES string of the molecule is Clc1ccc2cc(-c3ccc4oc5ccc6ccccc6c5c4c3)ccc2c1. The molecule has 6 aromatic rings. The molecule has 0 saturated carbocycles. The van der Waals surface area contributed by atoms with Gasteiger partial charge in [0.25, 0.3) is 0 Å². The second-order valence-electron chi connectivity index (χ2n) is 7.18. The molecule has 0 spiro atoms. The molecule has 0 aliphatic rings. The third kappa shape index (κ3) is 2.33. The highest BCUT2D eigenvalue weighted by atomic mass is 35.5. The third-order valence-electron chi connectivity index (χ3n) is 5.50. The Hall–Kier alpha value is -3.29. The molecule has 0 atom stereocenters. The zero-order valence-corrected chi connectivity index (χ0v) is 15.7. The quantitative estimate of drug-likeness (QED) is 0.281. The van der Waals surface area contributed by atoms with E-state index in [0.29, 0.717) is 0 Å². The highest BCUT2D eigenvalue weighted by Gasteiger charge is 2.11. The Morgan fingerprint density at radius 2 is 1.25 bits per heavy atom. The lowest BCUT2D eigenvalue weighted by Gasteiger charge is -2.05. The van der Waals surface area contributed by atoms with Gasteiger partial charge in [0.2, 0.25) is 0 Å². The number of hydrogen-bond acceptors (Lipinski definition) is 1. The Balaban J connectivity index is 1.63. The maximum atomic E-state index is 6.12. The van der Waals surface area contributed by atoms with Crippen LogP contribution in [0.3, 0.4) is 0 Å². The second kappa shape index (κ2) is 5.85. The lowest BCUT2D eigenvalue weighted by atomic mass is 9.98. The smallest absolute Gasteiger partial charge is 0.136 e. The minimum atomic E-state index is 0.762. The Morgan fingerprint density at radius 1 is 0.536 bits per heavy atom. The van der Waals surface area contributed by atoms with Crippen molar-refractivity contribution in [1.29, 1.82) is 0 Å². The van der Waals surface area contributed by atoms with E-state index in [1.165, 1.54) is 32.7 Å². The average Bonchev–Trinajstić information content (AvgIpc) is 3.11. The number of fused-ring (bicyclic) bond motifs is 6. The van der Waals surface area contributed by atoms with Crippen molar-refractivity contribution in [1.82, 2.24) is 0 Å². The van der Waals surface area contributed by atoms with Gasteiger partial charge in [0, 0.05) is 15.8 Å². The fourth-order valence-corrected chi connectivity index (χ4v) is 4.30. The van der Waals surface area contributed by atoms with Gasteiger partial charge in [-0.1, -0.05) is 66.2 Å². The third-order valence-corrected chi connectivity index (χ3v) is 5.73. The standard InChI is InChI=1S/C26H15ClO/c27-21-10-7-18-13-17(5-6-19(18)14-21)20-9-11-24-23(15-20)26-22-4-2-1-3-16(22)8-12-25(26)28-24/h1-15H. The molecule has 5 aromatic carbocycles. The predicted molar refractivity (Wildman–Crippen MR) is 119 cm³/mol. The van der Waals surface area contributed by atoms with Crippen LogP contribution in [0, 0.1) is 0 Å². The summed E-state index contributed by atoms with van der Waals surface area (Å²) in [4.78, 5) is 0. The first kappa shape index (κ1) is 15.7. The topological polar surface area (TPSA) is 13.1 Å². The van der Waals surface area contributed by atoms with Gasteiger partial charge in [-0.15, -0.1) is 0 Å². The van der Waals surface area contributed by atoms with Crippen molar-refractivity contribution in [2.24, 2.45) is 0 Å². The molecule has 0 amide bonds. The molecule has 132 valence electrons. The number of benzene rings is 5. The van der Waals surface area contributed by atoms with Crippen molar-refractivity contribution in [3.63, 3.8) is 0 Å². The van der Waals surface area contributed by atoms with Gasteiger partial charge in [-0.05, 0) is 69.1 Å². The average molecular weight is 379 g/mol. The molecule has 6 rings (SSSR count). The molecule has 28 heavy (non-hydrogen) atoms. The van der Waals surface area contributed by atoms with Crippen molar-refractivity contribution in [2.45, 2.75) is 0 Å². The second-order valence-corrected chi connectivity index (χ2v) is 7.62. The van der Waals surface area contributed by atoms with E-state index in [1.807, 2.05) is 12.1 Å². The van der Waals surface area contributed by atoms with E-state index < -0.39 is 0 Å². The molecule has 0 aliphatic heterocycles. The molecule has 0 unspecified atom stereocenters. The van der Waals surface area contributed by atoms with Crippen LogP contribution in [0.2, 0.25) is 5.02 Å². The molecule has 1 nitrogen and oxygen atoms in total. The molecule has 0 radical (unpaired) electrons. The van der Waals surface area contributed by atoms with Gasteiger partial charge in [0.1, 0.15) is 11.2 Å². The monoisotopic (exact) mass is 378 g/mol. The minimum Gasteiger partial charge on any atom is -0.456 e. The van der Waals surface area contributed by atoms with Gasteiger partial charge in [-0.25, -0.2) is 0 Å². The van der Waals surface area contributed by atoms with E-state index in [-0.39, 0.29) is 0 Å². The highest BCUT2D eigenvalue weighted by molar-refractivity contribution is 6.31. The first-order valence-electron chi connectivity index (χ1n) is 9.30. The van der Waals surface area contributed by atoms with E-state index in [2.05, 4.69) is 78.9 Å².